The first-order chi connectivity index (χ1) is 19.2. The highest BCUT2D eigenvalue weighted by molar-refractivity contribution is 6.42. The predicted octanol–water partition coefficient (Wildman–Crippen LogP) is 6.17. The maximum atomic E-state index is 13.6. The van der Waals surface area contributed by atoms with Crippen LogP contribution < -0.4 is 24.4 Å². The third-order valence-corrected chi connectivity index (χ3v) is 7.01. The molecule has 1 fully saturated rings. The standard InChI is InChI=1S/C29H29Cl2N3O6/c1-4-13-40-21-9-6-19(7-10-21)32-27(35)16-24-28(36)34(20-8-11-22(30)23(31)15-20)29(37)33(24)17-18-5-12-25(38-2)26(14-18)39-3/h5-12,14-15,24H,4,13,16-17H2,1-3H3,(H,32,35)/t24-/m1/s1. The summed E-state index contributed by atoms with van der Waals surface area (Å²) in [7, 11) is 3.03. The van der Waals surface area contributed by atoms with Crippen LogP contribution in [0.15, 0.2) is 60.7 Å². The topological polar surface area (TPSA) is 97.4 Å². The van der Waals surface area contributed by atoms with E-state index < -0.39 is 23.9 Å². The number of methoxy groups -OCH3 is 2. The van der Waals surface area contributed by atoms with Gasteiger partial charge in [0.1, 0.15) is 11.8 Å². The second-order valence-corrected chi connectivity index (χ2v) is 9.83. The average molecular weight is 586 g/mol. The SMILES string of the molecule is CCCOc1ccc(NC(=O)C[C@@H]2C(=O)N(c3ccc(Cl)c(Cl)c3)C(=O)N2Cc2ccc(OC)c(OC)c2)cc1. The lowest BCUT2D eigenvalue weighted by atomic mass is 10.1. The molecule has 3 aromatic carbocycles. The molecule has 0 radical (unpaired) electrons. The number of anilines is 2. The number of ether oxygens (including phenoxy) is 3. The van der Waals surface area contributed by atoms with Crippen molar-refractivity contribution in [3.05, 3.63) is 76.3 Å². The van der Waals surface area contributed by atoms with Gasteiger partial charge in [-0.1, -0.05) is 36.2 Å². The van der Waals surface area contributed by atoms with Crippen molar-refractivity contribution in [3.63, 3.8) is 0 Å². The number of urea groups is 1. The van der Waals surface area contributed by atoms with Crippen molar-refractivity contribution >= 4 is 52.4 Å². The van der Waals surface area contributed by atoms with Gasteiger partial charge in [-0.05, 0) is 66.6 Å². The van der Waals surface area contributed by atoms with Crippen LogP contribution in [0.25, 0.3) is 0 Å². The molecule has 4 rings (SSSR count). The molecular weight excluding hydrogens is 557 g/mol. The molecule has 1 atom stereocenters. The summed E-state index contributed by atoms with van der Waals surface area (Å²) in [6.07, 6.45) is 0.620. The lowest BCUT2D eigenvalue weighted by Crippen LogP contribution is -2.37. The Morgan fingerprint density at radius 3 is 2.30 bits per heavy atom. The molecule has 1 heterocycles. The Morgan fingerprint density at radius 2 is 1.65 bits per heavy atom. The predicted molar refractivity (Wildman–Crippen MR) is 154 cm³/mol. The molecule has 1 N–H and O–H groups in total. The highest BCUT2D eigenvalue weighted by atomic mass is 35.5. The zero-order valence-electron chi connectivity index (χ0n) is 22.3. The molecule has 1 aliphatic rings. The minimum atomic E-state index is -1.07. The molecule has 4 amide bonds. The summed E-state index contributed by atoms with van der Waals surface area (Å²) < 4.78 is 16.3. The van der Waals surface area contributed by atoms with E-state index in [1.807, 2.05) is 6.92 Å². The molecule has 3 aromatic rings. The Morgan fingerprint density at radius 1 is 0.925 bits per heavy atom. The molecule has 0 unspecified atom stereocenters. The number of imide groups is 1. The van der Waals surface area contributed by atoms with Gasteiger partial charge in [-0.2, -0.15) is 0 Å². The Labute approximate surface area is 242 Å². The molecule has 11 heteroatoms. The van der Waals surface area contributed by atoms with Gasteiger partial charge in [0.2, 0.25) is 5.91 Å². The highest BCUT2D eigenvalue weighted by Gasteiger charge is 2.46. The van der Waals surface area contributed by atoms with Gasteiger partial charge in [0, 0.05) is 12.2 Å². The Hall–Kier alpha value is -3.95. The number of rotatable bonds is 11. The molecule has 1 aliphatic heterocycles. The van der Waals surface area contributed by atoms with E-state index >= 15 is 0 Å². The summed E-state index contributed by atoms with van der Waals surface area (Å²) >= 11 is 12.2. The van der Waals surface area contributed by atoms with Crippen LogP contribution >= 0.6 is 23.2 Å². The van der Waals surface area contributed by atoms with Crippen LogP contribution in [-0.4, -0.2) is 49.6 Å². The summed E-state index contributed by atoms with van der Waals surface area (Å²) in [5, 5.41) is 3.28. The zero-order chi connectivity index (χ0) is 28.8. The van der Waals surface area contributed by atoms with Crippen LogP contribution in [0.3, 0.4) is 0 Å². The van der Waals surface area contributed by atoms with Gasteiger partial charge in [-0.15, -0.1) is 0 Å². The Bertz CT molecular complexity index is 1400. The minimum Gasteiger partial charge on any atom is -0.494 e. The van der Waals surface area contributed by atoms with Crippen LogP contribution in [0, 0.1) is 0 Å². The van der Waals surface area contributed by atoms with E-state index in [0.717, 1.165) is 11.3 Å². The minimum absolute atomic E-state index is 0.0458. The molecule has 40 heavy (non-hydrogen) atoms. The number of carbonyl (C=O) groups excluding carboxylic acids is 3. The zero-order valence-corrected chi connectivity index (χ0v) is 23.8. The first-order valence-corrected chi connectivity index (χ1v) is 13.3. The fraction of sp³-hybridized carbons (Fsp3) is 0.276. The highest BCUT2D eigenvalue weighted by Crippen LogP contribution is 2.34. The number of nitrogens with zero attached hydrogens (tertiary/aromatic N) is 2. The van der Waals surface area contributed by atoms with Crippen LogP contribution in [-0.2, 0) is 16.1 Å². The molecule has 210 valence electrons. The van der Waals surface area contributed by atoms with Gasteiger partial charge < -0.3 is 24.4 Å². The number of carbonyl (C=O) groups is 3. The number of hydrogen-bond acceptors (Lipinski definition) is 6. The molecule has 0 bridgehead atoms. The molecule has 1 saturated heterocycles. The second kappa shape index (κ2) is 12.9. The van der Waals surface area contributed by atoms with Gasteiger partial charge in [0.05, 0.1) is 43.0 Å². The van der Waals surface area contributed by atoms with E-state index in [-0.39, 0.29) is 28.7 Å². The van der Waals surface area contributed by atoms with Gasteiger partial charge >= 0.3 is 6.03 Å². The first kappa shape index (κ1) is 29.0. The van der Waals surface area contributed by atoms with E-state index in [1.54, 1.807) is 42.5 Å². The van der Waals surface area contributed by atoms with E-state index in [4.69, 9.17) is 37.4 Å². The third kappa shape index (κ3) is 6.43. The summed E-state index contributed by atoms with van der Waals surface area (Å²) in [4.78, 5) is 42.7. The summed E-state index contributed by atoms with van der Waals surface area (Å²) in [5.74, 6) is 0.702. The van der Waals surface area contributed by atoms with Crippen LogP contribution in [0.5, 0.6) is 17.2 Å². The number of benzene rings is 3. The smallest absolute Gasteiger partial charge is 0.332 e. The quantitative estimate of drug-likeness (QED) is 0.270. The lowest BCUT2D eigenvalue weighted by molar-refractivity contribution is -0.124. The largest absolute Gasteiger partial charge is 0.494 e. The van der Waals surface area contributed by atoms with E-state index in [2.05, 4.69) is 5.32 Å². The van der Waals surface area contributed by atoms with Crippen molar-refractivity contribution in [1.82, 2.24) is 4.90 Å². The van der Waals surface area contributed by atoms with Crippen molar-refractivity contribution in [1.29, 1.82) is 0 Å². The van der Waals surface area contributed by atoms with E-state index in [0.29, 0.717) is 35.1 Å². The average Bonchev–Trinajstić information content (AvgIpc) is 3.17. The number of amides is 4. The van der Waals surface area contributed by atoms with Crippen LogP contribution in [0.1, 0.15) is 25.3 Å². The fourth-order valence-electron chi connectivity index (χ4n) is 4.29. The second-order valence-electron chi connectivity index (χ2n) is 9.01. The molecule has 0 aromatic heterocycles. The van der Waals surface area contributed by atoms with Crippen molar-refractivity contribution in [2.75, 3.05) is 31.0 Å². The monoisotopic (exact) mass is 585 g/mol. The summed E-state index contributed by atoms with van der Waals surface area (Å²) in [5.41, 5.74) is 1.48. The van der Waals surface area contributed by atoms with Crippen molar-refractivity contribution < 1.29 is 28.6 Å². The summed E-state index contributed by atoms with van der Waals surface area (Å²) in [6, 6.07) is 15.0. The Kier molecular flexibility index (Phi) is 9.39. The molecule has 0 aliphatic carbocycles. The number of hydrogen-bond donors (Lipinski definition) is 1. The molecule has 0 spiro atoms. The summed E-state index contributed by atoms with van der Waals surface area (Å²) in [6.45, 7) is 2.65. The van der Waals surface area contributed by atoms with Gasteiger partial charge in [0.25, 0.3) is 5.91 Å². The first-order valence-electron chi connectivity index (χ1n) is 12.6. The molecule has 9 nitrogen and oxygen atoms in total. The fourth-order valence-corrected chi connectivity index (χ4v) is 4.59. The van der Waals surface area contributed by atoms with E-state index in [1.165, 1.54) is 37.3 Å². The number of nitrogens with one attached hydrogen (secondary N) is 1. The van der Waals surface area contributed by atoms with Crippen LogP contribution in [0.2, 0.25) is 10.0 Å². The lowest BCUT2D eigenvalue weighted by Gasteiger charge is -2.22. The van der Waals surface area contributed by atoms with Crippen LogP contribution in [0.4, 0.5) is 16.2 Å². The van der Waals surface area contributed by atoms with Crippen molar-refractivity contribution in [2.24, 2.45) is 0 Å². The van der Waals surface area contributed by atoms with Crippen molar-refractivity contribution in [2.45, 2.75) is 32.4 Å². The van der Waals surface area contributed by atoms with Gasteiger partial charge in [-0.3, -0.25) is 9.59 Å². The Balaban J connectivity index is 1.59. The normalized spacial score (nSPS) is 14.9. The molecule has 0 saturated carbocycles. The number of halogens is 2. The van der Waals surface area contributed by atoms with Crippen molar-refractivity contribution in [3.8, 4) is 17.2 Å². The maximum absolute atomic E-state index is 13.6. The third-order valence-electron chi connectivity index (χ3n) is 6.27. The van der Waals surface area contributed by atoms with Gasteiger partial charge in [-0.25, -0.2) is 9.69 Å². The van der Waals surface area contributed by atoms with E-state index in [9.17, 15) is 14.4 Å². The van der Waals surface area contributed by atoms with Gasteiger partial charge in [0.15, 0.2) is 11.5 Å². The maximum Gasteiger partial charge on any atom is 0.332 e. The molecular formula is C29H29Cl2N3O6.